The lowest BCUT2D eigenvalue weighted by atomic mass is 10.1. The molecule has 1 aromatic heterocycles. The number of carbonyl (C=O) groups excluding carboxylic acids is 1. The Morgan fingerprint density at radius 1 is 1.04 bits per heavy atom. The van der Waals surface area contributed by atoms with Gasteiger partial charge in [-0.05, 0) is 43.2 Å². The number of pyridine rings is 1. The van der Waals surface area contributed by atoms with Gasteiger partial charge in [0.1, 0.15) is 5.25 Å². The van der Waals surface area contributed by atoms with Gasteiger partial charge >= 0.3 is 0 Å². The predicted molar refractivity (Wildman–Crippen MR) is 110 cm³/mol. The molecule has 138 valence electrons. The van der Waals surface area contributed by atoms with Gasteiger partial charge < -0.3 is 10.3 Å². The molecule has 1 heterocycles. The summed E-state index contributed by atoms with van der Waals surface area (Å²) in [4.78, 5) is 29.0. The Balaban J connectivity index is 1.80. The van der Waals surface area contributed by atoms with Gasteiger partial charge in [0.05, 0.1) is 0 Å². The van der Waals surface area contributed by atoms with Crippen LogP contribution in [0.15, 0.2) is 76.4 Å². The number of thioether (sulfide) groups is 1. The summed E-state index contributed by atoms with van der Waals surface area (Å²) in [6.45, 7) is 3.94. The average molecular weight is 378 g/mol. The van der Waals surface area contributed by atoms with Crippen molar-refractivity contribution in [2.45, 2.75) is 30.5 Å². The highest BCUT2D eigenvalue weighted by Crippen LogP contribution is 2.35. The number of aromatic nitrogens is 1. The molecule has 0 aliphatic rings. The van der Waals surface area contributed by atoms with Crippen LogP contribution in [0.25, 0.3) is 0 Å². The first-order chi connectivity index (χ1) is 13.0. The normalized spacial score (nSPS) is 11.8. The van der Waals surface area contributed by atoms with Crippen LogP contribution in [0, 0.1) is 13.8 Å². The number of amides is 1. The van der Waals surface area contributed by atoms with Crippen LogP contribution in [0.4, 0.5) is 0 Å². The monoisotopic (exact) mass is 378 g/mol. The van der Waals surface area contributed by atoms with Gasteiger partial charge in [-0.1, -0.05) is 48.5 Å². The van der Waals surface area contributed by atoms with Gasteiger partial charge in [0.15, 0.2) is 0 Å². The first kappa shape index (κ1) is 19.0. The minimum Gasteiger partial charge on any atom is -0.351 e. The molecule has 0 fully saturated rings. The zero-order valence-corrected chi connectivity index (χ0v) is 16.2. The summed E-state index contributed by atoms with van der Waals surface area (Å²) < 4.78 is 0. The second-order valence-electron chi connectivity index (χ2n) is 6.38. The Kier molecular flexibility index (Phi) is 6.14. The number of rotatable bonds is 6. The second kappa shape index (κ2) is 8.73. The molecule has 0 saturated carbocycles. The molecule has 2 aromatic carbocycles. The van der Waals surface area contributed by atoms with E-state index < -0.39 is 5.25 Å². The smallest absolute Gasteiger partial charge is 0.253 e. The van der Waals surface area contributed by atoms with Crippen molar-refractivity contribution in [3.05, 3.63) is 99.5 Å². The van der Waals surface area contributed by atoms with E-state index >= 15 is 0 Å². The molecule has 1 atom stereocenters. The zero-order chi connectivity index (χ0) is 19.2. The van der Waals surface area contributed by atoms with Gasteiger partial charge in [-0.15, -0.1) is 11.8 Å². The SMILES string of the molecule is Cc1cc(C)c(CNC(=O)[C@@H](Sc2ccccc2)c2ccccc2)c(=O)[nH]1. The molecule has 1 amide bonds. The molecule has 4 nitrogen and oxygen atoms in total. The summed E-state index contributed by atoms with van der Waals surface area (Å²) >= 11 is 1.50. The summed E-state index contributed by atoms with van der Waals surface area (Å²) in [6.07, 6.45) is 0. The Morgan fingerprint density at radius 2 is 1.67 bits per heavy atom. The summed E-state index contributed by atoms with van der Waals surface area (Å²) in [5.41, 5.74) is 3.06. The number of benzene rings is 2. The van der Waals surface area contributed by atoms with E-state index in [1.54, 1.807) is 0 Å². The van der Waals surface area contributed by atoms with Crippen LogP contribution in [-0.2, 0) is 11.3 Å². The quantitative estimate of drug-likeness (QED) is 0.634. The van der Waals surface area contributed by atoms with Crippen LogP contribution in [-0.4, -0.2) is 10.9 Å². The molecular weight excluding hydrogens is 356 g/mol. The molecule has 3 aromatic rings. The average Bonchev–Trinajstić information content (AvgIpc) is 2.66. The predicted octanol–water partition coefficient (Wildman–Crippen LogP) is 4.14. The number of aromatic amines is 1. The fraction of sp³-hybridized carbons (Fsp3) is 0.182. The van der Waals surface area contributed by atoms with E-state index in [1.165, 1.54) is 11.8 Å². The van der Waals surface area contributed by atoms with Gasteiger partial charge in [0.25, 0.3) is 5.56 Å². The Bertz CT molecular complexity index is 969. The van der Waals surface area contributed by atoms with Gasteiger partial charge in [-0.3, -0.25) is 9.59 Å². The van der Waals surface area contributed by atoms with Crippen LogP contribution in [0.1, 0.15) is 27.6 Å². The van der Waals surface area contributed by atoms with Crippen molar-refractivity contribution in [3.63, 3.8) is 0 Å². The lowest BCUT2D eigenvalue weighted by Crippen LogP contribution is -2.30. The number of nitrogens with one attached hydrogen (secondary N) is 2. The molecule has 0 saturated heterocycles. The molecule has 27 heavy (non-hydrogen) atoms. The number of aryl methyl sites for hydroxylation is 2. The molecule has 0 radical (unpaired) electrons. The lowest BCUT2D eigenvalue weighted by molar-refractivity contribution is -0.120. The Labute approximate surface area is 163 Å². The summed E-state index contributed by atoms with van der Waals surface area (Å²) in [5, 5.41) is 2.55. The summed E-state index contributed by atoms with van der Waals surface area (Å²) in [5.74, 6) is -0.116. The standard InChI is InChI=1S/C22H22N2O2S/c1-15-13-16(2)24-21(25)19(15)14-23-22(26)20(17-9-5-3-6-10-17)27-18-11-7-4-8-12-18/h3-13,20H,14H2,1-2H3,(H,23,26)(H,24,25)/t20-/m0/s1. The van der Waals surface area contributed by atoms with Crippen molar-refractivity contribution in [3.8, 4) is 0 Å². The van der Waals surface area contributed by atoms with E-state index in [4.69, 9.17) is 0 Å². The third-order valence-corrected chi connectivity index (χ3v) is 5.54. The third kappa shape index (κ3) is 4.89. The van der Waals surface area contributed by atoms with E-state index in [0.29, 0.717) is 5.56 Å². The highest BCUT2D eigenvalue weighted by atomic mass is 32.2. The fourth-order valence-electron chi connectivity index (χ4n) is 2.91. The Morgan fingerprint density at radius 3 is 2.30 bits per heavy atom. The lowest BCUT2D eigenvalue weighted by Gasteiger charge is -2.17. The highest BCUT2D eigenvalue weighted by molar-refractivity contribution is 8.00. The van der Waals surface area contributed by atoms with Crippen molar-refractivity contribution in [2.75, 3.05) is 0 Å². The maximum absolute atomic E-state index is 13.0. The van der Waals surface area contributed by atoms with Crippen molar-refractivity contribution in [1.82, 2.24) is 10.3 Å². The fourth-order valence-corrected chi connectivity index (χ4v) is 3.98. The topological polar surface area (TPSA) is 62.0 Å². The summed E-state index contributed by atoms with van der Waals surface area (Å²) in [7, 11) is 0. The molecule has 0 bridgehead atoms. The molecular formula is C22H22N2O2S. The second-order valence-corrected chi connectivity index (χ2v) is 7.56. The minimum atomic E-state index is -0.390. The maximum Gasteiger partial charge on any atom is 0.253 e. The van der Waals surface area contributed by atoms with E-state index in [0.717, 1.165) is 21.7 Å². The largest absolute Gasteiger partial charge is 0.351 e. The van der Waals surface area contributed by atoms with E-state index in [-0.39, 0.29) is 18.0 Å². The van der Waals surface area contributed by atoms with Crippen molar-refractivity contribution < 1.29 is 4.79 Å². The number of hydrogen-bond donors (Lipinski definition) is 2. The first-order valence-corrected chi connectivity index (χ1v) is 9.66. The van der Waals surface area contributed by atoms with Crippen molar-refractivity contribution in [2.24, 2.45) is 0 Å². The number of H-pyrrole nitrogens is 1. The van der Waals surface area contributed by atoms with Crippen LogP contribution in [0.2, 0.25) is 0 Å². The molecule has 0 aliphatic heterocycles. The summed E-state index contributed by atoms with van der Waals surface area (Å²) in [6, 6.07) is 21.4. The molecule has 5 heteroatoms. The maximum atomic E-state index is 13.0. The molecule has 0 unspecified atom stereocenters. The molecule has 0 aliphatic carbocycles. The van der Waals surface area contributed by atoms with Crippen LogP contribution in [0.5, 0.6) is 0 Å². The van der Waals surface area contributed by atoms with Gasteiger partial charge in [-0.25, -0.2) is 0 Å². The Hall–Kier alpha value is -2.79. The molecule has 2 N–H and O–H groups in total. The number of hydrogen-bond acceptors (Lipinski definition) is 3. The van der Waals surface area contributed by atoms with E-state index in [1.807, 2.05) is 80.6 Å². The first-order valence-electron chi connectivity index (χ1n) is 8.78. The van der Waals surface area contributed by atoms with Crippen LogP contribution < -0.4 is 10.9 Å². The number of carbonyl (C=O) groups is 1. The van der Waals surface area contributed by atoms with Gasteiger partial charge in [0.2, 0.25) is 5.91 Å². The van der Waals surface area contributed by atoms with Crippen LogP contribution >= 0.6 is 11.8 Å². The van der Waals surface area contributed by atoms with Crippen molar-refractivity contribution in [1.29, 1.82) is 0 Å². The highest BCUT2D eigenvalue weighted by Gasteiger charge is 2.22. The zero-order valence-electron chi connectivity index (χ0n) is 15.4. The van der Waals surface area contributed by atoms with E-state index in [9.17, 15) is 9.59 Å². The third-order valence-electron chi connectivity index (χ3n) is 4.27. The molecule has 0 spiro atoms. The van der Waals surface area contributed by atoms with Gasteiger partial charge in [-0.2, -0.15) is 0 Å². The van der Waals surface area contributed by atoms with E-state index in [2.05, 4.69) is 10.3 Å². The molecule has 3 rings (SSSR count). The van der Waals surface area contributed by atoms with Gasteiger partial charge in [0, 0.05) is 22.7 Å². The van der Waals surface area contributed by atoms with Crippen LogP contribution in [0.3, 0.4) is 0 Å². The minimum absolute atomic E-state index is 0.116. The van der Waals surface area contributed by atoms with Crippen molar-refractivity contribution >= 4 is 17.7 Å².